The third-order valence-electron chi connectivity index (χ3n) is 6.23. The van der Waals surface area contributed by atoms with E-state index in [0.717, 1.165) is 37.9 Å². The molecular formula is C28H32FN3O2. The van der Waals surface area contributed by atoms with Crippen LogP contribution in [0, 0.1) is 5.82 Å². The molecule has 5 nitrogen and oxygen atoms in total. The molecule has 0 saturated heterocycles. The van der Waals surface area contributed by atoms with Crippen LogP contribution in [0.5, 0.6) is 0 Å². The van der Waals surface area contributed by atoms with Gasteiger partial charge in [-0.25, -0.2) is 4.39 Å². The molecule has 0 unspecified atom stereocenters. The molecule has 0 spiro atoms. The SMILES string of the molecule is CCCCN(CC(=O)N(Cc1cccn1Cc1ccccc1)C1CC1)C(=O)c1cccc(F)c1. The zero-order valence-electron chi connectivity index (χ0n) is 19.7. The third kappa shape index (κ3) is 6.13. The van der Waals surface area contributed by atoms with Crippen LogP contribution in [0.4, 0.5) is 4.39 Å². The minimum Gasteiger partial charge on any atom is -0.345 e. The number of carbonyl (C=O) groups excluding carboxylic acids is 2. The van der Waals surface area contributed by atoms with Gasteiger partial charge in [0.15, 0.2) is 0 Å². The molecule has 1 aliphatic carbocycles. The fourth-order valence-electron chi connectivity index (χ4n) is 4.17. The normalized spacial score (nSPS) is 13.0. The Balaban J connectivity index is 1.48. The average Bonchev–Trinajstić information content (AvgIpc) is 3.60. The van der Waals surface area contributed by atoms with Gasteiger partial charge < -0.3 is 14.4 Å². The van der Waals surface area contributed by atoms with Crippen molar-refractivity contribution in [2.75, 3.05) is 13.1 Å². The highest BCUT2D eigenvalue weighted by Crippen LogP contribution is 2.29. The highest BCUT2D eigenvalue weighted by molar-refractivity contribution is 5.96. The van der Waals surface area contributed by atoms with Crippen molar-refractivity contribution in [3.8, 4) is 0 Å². The Bertz CT molecular complexity index is 1110. The molecule has 0 aliphatic heterocycles. The Morgan fingerprint density at radius 2 is 1.82 bits per heavy atom. The van der Waals surface area contributed by atoms with E-state index in [1.807, 2.05) is 42.3 Å². The van der Waals surface area contributed by atoms with Crippen LogP contribution in [-0.2, 0) is 17.9 Å². The van der Waals surface area contributed by atoms with Gasteiger partial charge in [-0.05, 0) is 55.2 Å². The summed E-state index contributed by atoms with van der Waals surface area (Å²) in [5.74, 6) is -0.813. The number of hydrogen-bond donors (Lipinski definition) is 0. The zero-order valence-corrected chi connectivity index (χ0v) is 19.7. The second-order valence-corrected chi connectivity index (χ2v) is 8.96. The quantitative estimate of drug-likeness (QED) is 0.398. The largest absolute Gasteiger partial charge is 0.345 e. The Morgan fingerprint density at radius 3 is 2.53 bits per heavy atom. The van der Waals surface area contributed by atoms with Crippen LogP contribution in [-0.4, -0.2) is 45.3 Å². The summed E-state index contributed by atoms with van der Waals surface area (Å²) in [5.41, 5.74) is 2.55. The van der Waals surface area contributed by atoms with Gasteiger partial charge >= 0.3 is 0 Å². The molecule has 178 valence electrons. The van der Waals surface area contributed by atoms with Crippen molar-refractivity contribution >= 4 is 11.8 Å². The molecule has 4 rings (SSSR count). The number of aromatic nitrogens is 1. The van der Waals surface area contributed by atoms with E-state index in [1.54, 1.807) is 11.0 Å². The Kier molecular flexibility index (Phi) is 7.78. The van der Waals surface area contributed by atoms with Gasteiger partial charge in [0.2, 0.25) is 5.91 Å². The Hall–Kier alpha value is -3.41. The van der Waals surface area contributed by atoms with Crippen molar-refractivity contribution in [2.45, 2.75) is 51.7 Å². The van der Waals surface area contributed by atoms with Gasteiger partial charge in [-0.1, -0.05) is 49.7 Å². The monoisotopic (exact) mass is 461 g/mol. The summed E-state index contributed by atoms with van der Waals surface area (Å²) in [6.07, 6.45) is 5.70. The summed E-state index contributed by atoms with van der Waals surface area (Å²) in [7, 11) is 0. The molecule has 3 aromatic rings. The van der Waals surface area contributed by atoms with Crippen LogP contribution < -0.4 is 0 Å². The number of benzene rings is 2. The summed E-state index contributed by atoms with van der Waals surface area (Å²) >= 11 is 0. The van der Waals surface area contributed by atoms with Crippen molar-refractivity contribution in [3.63, 3.8) is 0 Å². The van der Waals surface area contributed by atoms with E-state index >= 15 is 0 Å². The summed E-state index contributed by atoms with van der Waals surface area (Å²) < 4.78 is 15.9. The smallest absolute Gasteiger partial charge is 0.254 e. The van der Waals surface area contributed by atoms with E-state index in [2.05, 4.69) is 22.8 Å². The molecule has 6 heteroatoms. The lowest BCUT2D eigenvalue weighted by Gasteiger charge is -2.28. The Labute approximate surface area is 200 Å². The van der Waals surface area contributed by atoms with Crippen molar-refractivity contribution in [1.29, 1.82) is 0 Å². The molecule has 0 atom stereocenters. The van der Waals surface area contributed by atoms with Crippen molar-refractivity contribution < 1.29 is 14.0 Å². The molecule has 1 aromatic heterocycles. The van der Waals surface area contributed by atoms with Gasteiger partial charge in [0.25, 0.3) is 5.91 Å². The van der Waals surface area contributed by atoms with Gasteiger partial charge in [-0.3, -0.25) is 9.59 Å². The van der Waals surface area contributed by atoms with Crippen LogP contribution in [0.1, 0.15) is 54.2 Å². The van der Waals surface area contributed by atoms with Crippen molar-refractivity contribution in [1.82, 2.24) is 14.4 Å². The Morgan fingerprint density at radius 1 is 1.03 bits per heavy atom. The highest BCUT2D eigenvalue weighted by Gasteiger charge is 2.34. The van der Waals surface area contributed by atoms with Crippen LogP contribution in [0.3, 0.4) is 0 Å². The molecule has 2 aromatic carbocycles. The molecule has 1 saturated carbocycles. The fourth-order valence-corrected chi connectivity index (χ4v) is 4.17. The van der Waals surface area contributed by atoms with E-state index in [0.29, 0.717) is 13.1 Å². The summed E-state index contributed by atoms with van der Waals surface area (Å²) in [5, 5.41) is 0. The highest BCUT2D eigenvalue weighted by atomic mass is 19.1. The molecular weight excluding hydrogens is 429 g/mol. The van der Waals surface area contributed by atoms with Crippen molar-refractivity contribution in [2.24, 2.45) is 0 Å². The maximum Gasteiger partial charge on any atom is 0.254 e. The standard InChI is InChI=1S/C28H32FN3O2/c1-2-3-16-31(28(34)23-11-7-12-24(29)18-23)21-27(33)32(25-14-15-25)20-26-13-8-17-30(26)19-22-9-5-4-6-10-22/h4-13,17-18,25H,2-3,14-16,19-21H2,1H3. The van der Waals surface area contributed by atoms with Crippen molar-refractivity contribution in [3.05, 3.63) is 95.6 Å². The number of halogens is 1. The minimum absolute atomic E-state index is 0.00520. The maximum absolute atomic E-state index is 13.7. The van der Waals surface area contributed by atoms with Gasteiger partial charge in [0.1, 0.15) is 12.4 Å². The van der Waals surface area contributed by atoms with Crippen LogP contribution in [0.2, 0.25) is 0 Å². The van der Waals surface area contributed by atoms with Gasteiger partial charge in [0, 0.05) is 36.6 Å². The molecule has 1 fully saturated rings. The first-order valence-corrected chi connectivity index (χ1v) is 12.1. The van der Waals surface area contributed by atoms with E-state index in [4.69, 9.17) is 0 Å². The molecule has 0 N–H and O–H groups in total. The summed E-state index contributed by atoms with van der Waals surface area (Å²) in [6, 6.07) is 20.2. The fraction of sp³-hybridized carbons (Fsp3) is 0.357. The lowest BCUT2D eigenvalue weighted by molar-refractivity contribution is -0.133. The molecule has 2 amide bonds. The lowest BCUT2D eigenvalue weighted by Crippen LogP contribution is -2.44. The van der Waals surface area contributed by atoms with Crippen LogP contribution in [0.15, 0.2) is 72.9 Å². The first-order valence-electron chi connectivity index (χ1n) is 12.1. The van der Waals surface area contributed by atoms with Crippen LogP contribution in [0.25, 0.3) is 0 Å². The van der Waals surface area contributed by atoms with Gasteiger partial charge in [-0.15, -0.1) is 0 Å². The lowest BCUT2D eigenvalue weighted by atomic mass is 10.1. The van der Waals surface area contributed by atoms with E-state index in [9.17, 15) is 14.0 Å². The van der Waals surface area contributed by atoms with Gasteiger partial charge in [0.05, 0.1) is 6.54 Å². The number of carbonyl (C=O) groups is 2. The molecule has 1 aliphatic rings. The number of rotatable bonds is 11. The second-order valence-electron chi connectivity index (χ2n) is 8.96. The van der Waals surface area contributed by atoms with Gasteiger partial charge in [-0.2, -0.15) is 0 Å². The minimum atomic E-state index is -0.452. The molecule has 0 radical (unpaired) electrons. The summed E-state index contributed by atoms with van der Waals surface area (Å²) in [6.45, 7) is 3.78. The predicted octanol–water partition coefficient (Wildman–Crippen LogP) is 5.11. The predicted molar refractivity (Wildman–Crippen MR) is 131 cm³/mol. The molecule has 0 bridgehead atoms. The second kappa shape index (κ2) is 11.1. The average molecular weight is 462 g/mol. The third-order valence-corrected chi connectivity index (χ3v) is 6.23. The van der Waals surface area contributed by atoms with Crippen LogP contribution >= 0.6 is 0 Å². The van der Waals surface area contributed by atoms with E-state index in [-0.39, 0.29) is 30.0 Å². The number of nitrogens with zero attached hydrogens (tertiary/aromatic N) is 3. The van der Waals surface area contributed by atoms with E-state index in [1.165, 1.54) is 23.8 Å². The summed E-state index contributed by atoms with van der Waals surface area (Å²) in [4.78, 5) is 30.0. The molecule has 1 heterocycles. The number of amides is 2. The first-order chi connectivity index (χ1) is 16.5. The molecule has 34 heavy (non-hydrogen) atoms. The maximum atomic E-state index is 13.7. The van der Waals surface area contributed by atoms with E-state index < -0.39 is 5.82 Å². The number of unbranched alkanes of at least 4 members (excludes halogenated alkanes) is 1. The topological polar surface area (TPSA) is 45.6 Å². The first kappa shape index (κ1) is 23.7. The zero-order chi connectivity index (χ0) is 23.9. The number of hydrogen-bond acceptors (Lipinski definition) is 2.